The van der Waals surface area contributed by atoms with Crippen LogP contribution >= 0.6 is 11.6 Å². The zero-order chi connectivity index (χ0) is 14.6. The van der Waals surface area contributed by atoms with Gasteiger partial charge in [0, 0.05) is 17.7 Å². The third-order valence-corrected chi connectivity index (χ3v) is 2.49. The van der Waals surface area contributed by atoms with Gasteiger partial charge in [0.25, 0.3) is 0 Å². The molecule has 1 aromatic carbocycles. The average molecular weight is 288 g/mol. The highest BCUT2D eigenvalue weighted by Crippen LogP contribution is 2.38. The van der Waals surface area contributed by atoms with Gasteiger partial charge in [-0.3, -0.25) is 0 Å². The maximum Gasteiger partial charge on any atom is 0.413 e. The molecule has 0 spiro atoms. The normalized spacial score (nSPS) is 10.8. The molecule has 6 heteroatoms. The van der Waals surface area contributed by atoms with Gasteiger partial charge in [-0.2, -0.15) is 0 Å². The second-order valence-electron chi connectivity index (χ2n) is 4.91. The number of rotatable bonds is 3. The zero-order valence-corrected chi connectivity index (χ0v) is 12.4. The van der Waals surface area contributed by atoms with Crippen molar-refractivity contribution in [3.63, 3.8) is 0 Å². The minimum absolute atomic E-state index is 0.180. The first kappa shape index (κ1) is 15.4. The molecule has 0 saturated carbocycles. The first-order valence-corrected chi connectivity index (χ1v) is 6.06. The molecule has 1 N–H and O–H groups in total. The quantitative estimate of drug-likeness (QED) is 0.927. The van der Waals surface area contributed by atoms with Crippen molar-refractivity contribution in [2.24, 2.45) is 0 Å². The van der Waals surface area contributed by atoms with E-state index in [1.165, 1.54) is 20.3 Å². The van der Waals surface area contributed by atoms with Crippen LogP contribution in [-0.4, -0.2) is 25.9 Å². The molecule has 0 heterocycles. The fourth-order valence-electron chi connectivity index (χ4n) is 1.32. The number of amides is 1. The van der Waals surface area contributed by atoms with Crippen LogP contribution in [0.1, 0.15) is 20.8 Å². The van der Waals surface area contributed by atoms with Gasteiger partial charge < -0.3 is 19.5 Å². The van der Waals surface area contributed by atoms with Crippen molar-refractivity contribution in [2.75, 3.05) is 14.2 Å². The Balaban J connectivity index is 2.97. The van der Waals surface area contributed by atoms with E-state index in [1.54, 1.807) is 6.07 Å². The van der Waals surface area contributed by atoms with Crippen molar-refractivity contribution in [2.45, 2.75) is 26.3 Å². The molecule has 0 atom stereocenters. The maximum atomic E-state index is 11.7. The Kier molecular flexibility index (Phi) is 4.89. The number of halogens is 1. The summed E-state index contributed by atoms with van der Waals surface area (Å²) in [4.78, 5) is 11.7. The molecule has 0 bridgehead atoms. The smallest absolute Gasteiger partial charge is 0.413 e. The molecular weight excluding hydrogens is 270 g/mol. The molecule has 5 nitrogen and oxygen atoms in total. The number of benzene rings is 1. The second kappa shape index (κ2) is 6.02. The molecule has 0 aromatic heterocycles. The Labute approximate surface area is 117 Å². The topological polar surface area (TPSA) is 56.8 Å². The van der Waals surface area contributed by atoms with E-state index in [0.717, 1.165) is 0 Å². The Bertz CT molecular complexity index is 468. The van der Waals surface area contributed by atoms with Crippen LogP contribution in [0.25, 0.3) is 0 Å². The monoisotopic (exact) mass is 287 g/mol. The van der Waals surface area contributed by atoms with Crippen molar-refractivity contribution < 1.29 is 19.0 Å². The van der Waals surface area contributed by atoms with Gasteiger partial charge in [-0.25, -0.2) is 4.79 Å². The number of methoxy groups -OCH3 is 2. The Morgan fingerprint density at radius 2 is 1.74 bits per heavy atom. The third kappa shape index (κ3) is 4.52. The van der Waals surface area contributed by atoms with Crippen LogP contribution in [0.4, 0.5) is 4.79 Å². The Morgan fingerprint density at radius 3 is 2.21 bits per heavy atom. The molecule has 0 unspecified atom stereocenters. The standard InChI is InChI=1S/C13H18ClNO4/c1-13(2,3)15-12(16)19-10-7-8(17-4)6-9(18-5)11(10)14/h6-7H,1-5H3,(H,15,16). The predicted molar refractivity (Wildman–Crippen MR) is 73.5 cm³/mol. The average Bonchev–Trinajstić information content (AvgIpc) is 2.29. The lowest BCUT2D eigenvalue weighted by atomic mass is 10.1. The SMILES string of the molecule is COc1cc(OC)c(Cl)c(OC(=O)NC(C)(C)C)c1. The summed E-state index contributed by atoms with van der Waals surface area (Å²) in [7, 11) is 2.97. The van der Waals surface area contributed by atoms with E-state index in [4.69, 9.17) is 25.8 Å². The Morgan fingerprint density at radius 1 is 1.16 bits per heavy atom. The lowest BCUT2D eigenvalue weighted by Gasteiger charge is -2.20. The summed E-state index contributed by atoms with van der Waals surface area (Å²) in [6.07, 6.45) is -0.593. The maximum absolute atomic E-state index is 11.7. The van der Waals surface area contributed by atoms with Crippen molar-refractivity contribution in [3.8, 4) is 17.2 Å². The van der Waals surface area contributed by atoms with Crippen LogP contribution in [0.15, 0.2) is 12.1 Å². The molecule has 1 amide bonds. The fourth-order valence-corrected chi connectivity index (χ4v) is 1.55. The van der Waals surface area contributed by atoms with Crippen LogP contribution in [0.3, 0.4) is 0 Å². The minimum Gasteiger partial charge on any atom is -0.496 e. The summed E-state index contributed by atoms with van der Waals surface area (Å²) in [5.74, 6) is 1.04. The predicted octanol–water partition coefficient (Wildman–Crippen LogP) is 3.24. The van der Waals surface area contributed by atoms with Crippen LogP contribution in [0.2, 0.25) is 5.02 Å². The highest BCUT2D eigenvalue weighted by Gasteiger charge is 2.18. The zero-order valence-electron chi connectivity index (χ0n) is 11.7. The molecule has 0 radical (unpaired) electrons. The highest BCUT2D eigenvalue weighted by atomic mass is 35.5. The summed E-state index contributed by atoms with van der Waals surface area (Å²) in [6.45, 7) is 5.55. The number of ether oxygens (including phenoxy) is 3. The number of carbonyl (C=O) groups is 1. The van der Waals surface area contributed by atoms with E-state index in [-0.39, 0.29) is 10.8 Å². The summed E-state index contributed by atoms with van der Waals surface area (Å²) < 4.78 is 15.3. The highest BCUT2D eigenvalue weighted by molar-refractivity contribution is 6.33. The van der Waals surface area contributed by atoms with Crippen molar-refractivity contribution in [3.05, 3.63) is 17.2 Å². The summed E-state index contributed by atoms with van der Waals surface area (Å²) in [5.41, 5.74) is -0.396. The Hall–Kier alpha value is -1.62. The van der Waals surface area contributed by atoms with Crippen molar-refractivity contribution in [1.29, 1.82) is 0 Å². The number of carbonyl (C=O) groups excluding carboxylic acids is 1. The van der Waals surface area contributed by atoms with Crippen LogP contribution in [-0.2, 0) is 0 Å². The molecule has 0 aliphatic rings. The van der Waals surface area contributed by atoms with Crippen LogP contribution in [0, 0.1) is 0 Å². The molecule has 106 valence electrons. The largest absolute Gasteiger partial charge is 0.496 e. The van der Waals surface area contributed by atoms with Gasteiger partial charge in [0.2, 0.25) is 0 Å². The first-order valence-electron chi connectivity index (χ1n) is 5.68. The molecular formula is C13H18ClNO4. The van der Waals surface area contributed by atoms with Gasteiger partial charge in [-0.15, -0.1) is 0 Å². The van der Waals surface area contributed by atoms with Gasteiger partial charge in [0.15, 0.2) is 5.75 Å². The second-order valence-corrected chi connectivity index (χ2v) is 5.28. The minimum atomic E-state index is -0.593. The van der Waals surface area contributed by atoms with E-state index >= 15 is 0 Å². The number of hydrogen-bond acceptors (Lipinski definition) is 4. The molecule has 0 aliphatic heterocycles. The van der Waals surface area contributed by atoms with Gasteiger partial charge in [-0.1, -0.05) is 11.6 Å². The van der Waals surface area contributed by atoms with Gasteiger partial charge >= 0.3 is 6.09 Å². The van der Waals surface area contributed by atoms with E-state index in [2.05, 4.69) is 5.32 Å². The molecule has 0 saturated heterocycles. The lowest BCUT2D eigenvalue weighted by molar-refractivity contribution is 0.190. The van der Waals surface area contributed by atoms with E-state index in [9.17, 15) is 4.79 Å². The molecule has 1 rings (SSSR count). The third-order valence-electron chi connectivity index (χ3n) is 2.11. The molecule has 1 aromatic rings. The fraction of sp³-hybridized carbons (Fsp3) is 0.462. The molecule has 19 heavy (non-hydrogen) atoms. The number of hydrogen-bond donors (Lipinski definition) is 1. The van der Waals surface area contributed by atoms with E-state index in [0.29, 0.717) is 11.5 Å². The van der Waals surface area contributed by atoms with Gasteiger partial charge in [-0.05, 0) is 20.8 Å². The summed E-state index contributed by atoms with van der Waals surface area (Å²) >= 11 is 6.07. The number of nitrogens with one attached hydrogen (secondary N) is 1. The van der Waals surface area contributed by atoms with Gasteiger partial charge in [0.1, 0.15) is 16.5 Å². The summed E-state index contributed by atoms with van der Waals surface area (Å²) in [5, 5.41) is 2.88. The summed E-state index contributed by atoms with van der Waals surface area (Å²) in [6, 6.07) is 3.13. The van der Waals surface area contributed by atoms with Crippen molar-refractivity contribution in [1.82, 2.24) is 5.32 Å². The van der Waals surface area contributed by atoms with E-state index in [1.807, 2.05) is 20.8 Å². The molecule has 0 aliphatic carbocycles. The molecule has 0 fully saturated rings. The van der Waals surface area contributed by atoms with Crippen molar-refractivity contribution >= 4 is 17.7 Å². The van der Waals surface area contributed by atoms with Crippen LogP contribution < -0.4 is 19.5 Å². The first-order chi connectivity index (χ1) is 8.76. The lowest BCUT2D eigenvalue weighted by Crippen LogP contribution is -2.42. The van der Waals surface area contributed by atoms with Crippen LogP contribution in [0.5, 0.6) is 17.2 Å². The van der Waals surface area contributed by atoms with E-state index < -0.39 is 11.6 Å². The van der Waals surface area contributed by atoms with Gasteiger partial charge in [0.05, 0.1) is 14.2 Å².